The summed E-state index contributed by atoms with van der Waals surface area (Å²) in [4.78, 5) is 45.8. The third-order valence-corrected chi connectivity index (χ3v) is 9.18. The number of phenolic OH excluding ortho intramolecular Hbond substituents is 1. The van der Waals surface area contributed by atoms with Gasteiger partial charge in [-0.15, -0.1) is 5.10 Å². The number of aromatic nitrogens is 3. The van der Waals surface area contributed by atoms with E-state index in [1.807, 2.05) is 0 Å². The Morgan fingerprint density at radius 2 is 1.84 bits per heavy atom. The van der Waals surface area contributed by atoms with Crippen LogP contribution in [0.5, 0.6) is 28.7 Å². The molecule has 1 unspecified atom stereocenters. The Kier molecular flexibility index (Phi) is 10.6. The van der Waals surface area contributed by atoms with Crippen LogP contribution >= 0.6 is 27.5 Å². The number of carbonyl (C=O) groups is 3. The topological polar surface area (TPSA) is 193 Å². The summed E-state index contributed by atoms with van der Waals surface area (Å²) in [5.74, 6) is -3.67. The van der Waals surface area contributed by atoms with Crippen molar-refractivity contribution in [1.29, 1.82) is 0 Å². The minimum Gasteiger partial charge on any atom is -0.507 e. The van der Waals surface area contributed by atoms with Gasteiger partial charge in [-0.3, -0.25) is 14.4 Å². The normalized spacial score (nSPS) is 19.0. The summed E-state index contributed by atoms with van der Waals surface area (Å²) >= 11 is 9.79. The van der Waals surface area contributed by atoms with Gasteiger partial charge in [-0.25, -0.2) is 4.68 Å². The molecule has 49 heavy (non-hydrogen) atoms. The highest BCUT2D eigenvalue weighted by Gasteiger charge is 2.61. The number of nitrogens with zero attached hydrogens (tertiary/aromatic N) is 3. The van der Waals surface area contributed by atoms with Crippen LogP contribution < -0.4 is 29.6 Å². The number of nitrogens with one attached hydrogen (secondary N) is 2. The van der Waals surface area contributed by atoms with Crippen LogP contribution in [0.3, 0.4) is 0 Å². The third-order valence-electron chi connectivity index (χ3n) is 8.48. The van der Waals surface area contributed by atoms with E-state index in [0.29, 0.717) is 16.2 Å². The first-order valence-corrected chi connectivity index (χ1v) is 16.2. The maximum atomic E-state index is 14.3. The Balaban J connectivity index is 1.50. The molecule has 3 aromatic rings. The molecule has 5 rings (SSSR count). The highest BCUT2D eigenvalue weighted by molar-refractivity contribution is 9.10. The molecule has 1 aliphatic heterocycles. The molecule has 0 saturated heterocycles. The van der Waals surface area contributed by atoms with Crippen LogP contribution in [0, 0.1) is 5.92 Å². The molecule has 0 fully saturated rings. The zero-order valence-electron chi connectivity index (χ0n) is 27.3. The maximum Gasteiger partial charge on any atom is 0.231 e. The Morgan fingerprint density at radius 3 is 2.51 bits per heavy atom. The average molecular weight is 765 g/mol. The van der Waals surface area contributed by atoms with E-state index >= 15 is 0 Å². The molecule has 1 amide bonds. The zero-order valence-corrected chi connectivity index (χ0v) is 29.6. The fourth-order valence-corrected chi connectivity index (χ4v) is 6.75. The van der Waals surface area contributed by atoms with Crippen LogP contribution in [0.1, 0.15) is 41.6 Å². The first-order valence-electron chi connectivity index (χ1n) is 15.0. The number of hydrogen-bond donors (Lipinski definition) is 4. The van der Waals surface area contributed by atoms with Crippen molar-refractivity contribution in [2.75, 3.05) is 46.8 Å². The van der Waals surface area contributed by atoms with Gasteiger partial charge in [0.15, 0.2) is 28.8 Å². The number of aliphatic hydroxyl groups excluding tert-OH is 1. The molecule has 0 saturated carbocycles. The molecular formula is C32H35BrClN5O10. The average Bonchev–Trinajstić information content (AvgIpc) is 3.59. The maximum absolute atomic E-state index is 14.3. The second-order valence-electron chi connectivity index (χ2n) is 11.3. The smallest absolute Gasteiger partial charge is 0.231 e. The van der Waals surface area contributed by atoms with Crippen LogP contribution in [0.4, 0.5) is 5.95 Å². The van der Waals surface area contributed by atoms with Crippen LogP contribution in [0.25, 0.3) is 0 Å². The molecule has 1 aromatic heterocycles. The van der Waals surface area contributed by atoms with Gasteiger partial charge in [0.2, 0.25) is 28.0 Å². The number of phenols is 1. The van der Waals surface area contributed by atoms with E-state index in [1.165, 1.54) is 57.4 Å². The molecule has 2 aromatic carbocycles. The lowest BCUT2D eigenvalue weighted by Gasteiger charge is -2.38. The number of ether oxygens (including phenoxy) is 5. The molecule has 3 atom stereocenters. The summed E-state index contributed by atoms with van der Waals surface area (Å²) in [6, 6.07) is 5.76. The lowest BCUT2D eigenvalue weighted by Crippen LogP contribution is -2.53. The standard InChI is InChI=1S/C32H35BrClN5O10/c1-15-10-19(41)24(28(43)32(15)29(44)25-21(47-4)13-22(48-5)26(34)27(25)49-32)17(16-6-7-18(40)20(11-16)46-3)12-23(42)35-8-9-36-31-37-30(33)38-39(31)14-45-2/h6-7,11,13,15,17,40,43H,8-10,12,14H2,1-5H3,(H,35,42)(H,36,37,38)/t15-,17?,32+/m1/s1. The number of Topliss-reactive ketones (excluding diaryl/α,β-unsaturated/α-hetero) is 2. The number of aromatic hydroxyl groups is 1. The van der Waals surface area contributed by atoms with Crippen LogP contribution in [0.15, 0.2) is 40.3 Å². The molecule has 262 valence electrons. The SMILES string of the molecule is COCn1nc(Br)nc1NCCNC(=O)CC(C1=C(O)[C@@]2(Oc3c(Cl)c(OC)cc(OC)c3C2=O)[C@H](C)CC1=O)c1ccc(O)c(OC)c1. The molecule has 2 heterocycles. The molecule has 15 nitrogen and oxygen atoms in total. The molecule has 1 spiro atoms. The van der Waals surface area contributed by atoms with E-state index in [2.05, 4.69) is 36.6 Å². The van der Waals surface area contributed by atoms with Gasteiger partial charge >= 0.3 is 0 Å². The largest absolute Gasteiger partial charge is 0.507 e. The number of halogens is 2. The Bertz CT molecular complexity index is 1830. The predicted octanol–water partition coefficient (Wildman–Crippen LogP) is 4.17. The monoisotopic (exact) mass is 763 g/mol. The number of rotatable bonds is 13. The lowest BCUT2D eigenvalue weighted by molar-refractivity contribution is -0.121. The van der Waals surface area contributed by atoms with Gasteiger partial charge in [0, 0.05) is 56.5 Å². The summed E-state index contributed by atoms with van der Waals surface area (Å²) < 4.78 is 29.3. The van der Waals surface area contributed by atoms with Gasteiger partial charge in [-0.1, -0.05) is 24.6 Å². The highest BCUT2D eigenvalue weighted by Crippen LogP contribution is 2.56. The van der Waals surface area contributed by atoms with Crippen molar-refractivity contribution >= 4 is 51.0 Å². The van der Waals surface area contributed by atoms with Crippen molar-refractivity contribution in [2.24, 2.45) is 5.92 Å². The van der Waals surface area contributed by atoms with Crippen LogP contribution in [0.2, 0.25) is 5.02 Å². The molecule has 2 aliphatic rings. The second kappa shape index (κ2) is 14.5. The quantitative estimate of drug-likeness (QED) is 0.182. The van der Waals surface area contributed by atoms with E-state index in [0.717, 1.165) is 0 Å². The molecular weight excluding hydrogens is 730 g/mol. The molecule has 4 N–H and O–H groups in total. The number of aliphatic hydroxyl groups is 1. The third kappa shape index (κ3) is 6.47. The van der Waals surface area contributed by atoms with Crippen molar-refractivity contribution in [3.63, 3.8) is 0 Å². The predicted molar refractivity (Wildman–Crippen MR) is 179 cm³/mol. The van der Waals surface area contributed by atoms with Gasteiger partial charge in [0.05, 0.1) is 21.3 Å². The Morgan fingerprint density at radius 1 is 1.12 bits per heavy atom. The first kappa shape index (κ1) is 35.8. The number of amides is 1. The van der Waals surface area contributed by atoms with Crippen molar-refractivity contribution in [1.82, 2.24) is 20.1 Å². The van der Waals surface area contributed by atoms with Crippen molar-refractivity contribution in [2.45, 2.75) is 38.0 Å². The summed E-state index contributed by atoms with van der Waals surface area (Å²) in [5.41, 5.74) is -1.90. The van der Waals surface area contributed by atoms with Gasteiger partial charge in [0.25, 0.3) is 0 Å². The number of anilines is 1. The number of ketones is 2. The number of hydrogen-bond acceptors (Lipinski definition) is 13. The van der Waals surface area contributed by atoms with Crippen LogP contribution in [-0.4, -0.2) is 89.6 Å². The number of carbonyl (C=O) groups excluding carboxylic acids is 3. The number of benzene rings is 2. The minimum atomic E-state index is -2.05. The molecule has 0 radical (unpaired) electrons. The molecule has 17 heteroatoms. The summed E-state index contributed by atoms with van der Waals surface area (Å²) in [6.45, 7) is 2.18. The fraction of sp³-hybridized carbons (Fsp3) is 0.406. The van der Waals surface area contributed by atoms with Crippen molar-refractivity contribution < 1.29 is 48.3 Å². The summed E-state index contributed by atoms with van der Waals surface area (Å²) in [7, 11) is 5.62. The van der Waals surface area contributed by atoms with Crippen molar-refractivity contribution in [3.8, 4) is 28.7 Å². The Hall–Kier alpha value is -4.54. The van der Waals surface area contributed by atoms with Gasteiger partial charge in [-0.2, -0.15) is 4.98 Å². The van der Waals surface area contributed by atoms with Crippen molar-refractivity contribution in [3.05, 3.63) is 56.5 Å². The number of fused-ring (bicyclic) bond motifs is 1. The van der Waals surface area contributed by atoms with E-state index in [4.69, 9.17) is 35.3 Å². The van der Waals surface area contributed by atoms with Gasteiger partial charge in [-0.05, 0) is 33.6 Å². The number of allylic oxidation sites excluding steroid dienone is 1. The van der Waals surface area contributed by atoms with Gasteiger partial charge < -0.3 is 44.5 Å². The van der Waals surface area contributed by atoms with E-state index in [1.54, 1.807) is 6.92 Å². The summed E-state index contributed by atoms with van der Waals surface area (Å²) in [6.07, 6.45) is -0.529. The molecule has 0 bridgehead atoms. The number of methoxy groups -OCH3 is 4. The Labute approximate surface area is 294 Å². The van der Waals surface area contributed by atoms with E-state index in [9.17, 15) is 24.6 Å². The lowest BCUT2D eigenvalue weighted by atomic mass is 9.69. The van der Waals surface area contributed by atoms with E-state index < -0.39 is 40.7 Å². The highest BCUT2D eigenvalue weighted by atomic mass is 79.9. The fourth-order valence-electron chi connectivity index (χ4n) is 6.13. The first-order chi connectivity index (χ1) is 23.4. The second-order valence-corrected chi connectivity index (χ2v) is 12.4. The van der Waals surface area contributed by atoms with Crippen LogP contribution in [-0.2, 0) is 21.1 Å². The van der Waals surface area contributed by atoms with E-state index in [-0.39, 0.29) is 77.6 Å². The summed E-state index contributed by atoms with van der Waals surface area (Å²) in [5, 5.41) is 32.4. The molecule has 1 aliphatic carbocycles. The van der Waals surface area contributed by atoms with Gasteiger partial charge in [0.1, 0.15) is 28.8 Å². The minimum absolute atomic E-state index is 0.0115. The zero-order chi connectivity index (χ0) is 35.6.